The molecule has 0 saturated carbocycles. The SMILES string of the molecule is CCC(CO)NC(=O)C(CCSC)NS(=O)(=O)CC. The van der Waals surface area contributed by atoms with Crippen molar-refractivity contribution in [2.45, 2.75) is 38.8 Å². The summed E-state index contributed by atoms with van der Waals surface area (Å²) in [5, 5.41) is 11.7. The van der Waals surface area contributed by atoms with Crippen LogP contribution in [0.15, 0.2) is 0 Å². The molecule has 0 heterocycles. The van der Waals surface area contributed by atoms with Crippen LogP contribution in [-0.4, -0.2) is 55.9 Å². The monoisotopic (exact) mass is 312 g/mol. The molecule has 8 heteroatoms. The lowest BCUT2D eigenvalue weighted by atomic mass is 10.2. The van der Waals surface area contributed by atoms with Gasteiger partial charge >= 0.3 is 0 Å². The molecule has 0 bridgehead atoms. The molecule has 0 aliphatic heterocycles. The van der Waals surface area contributed by atoms with E-state index >= 15 is 0 Å². The number of nitrogens with one attached hydrogen (secondary N) is 2. The number of hydrogen-bond acceptors (Lipinski definition) is 5. The molecule has 0 rings (SSSR count). The first-order valence-corrected chi connectivity index (χ1v) is 9.34. The van der Waals surface area contributed by atoms with Gasteiger partial charge in [0.15, 0.2) is 0 Å². The number of carbonyl (C=O) groups is 1. The number of carbonyl (C=O) groups excluding carboxylic acids is 1. The minimum atomic E-state index is -3.43. The second-order valence-electron chi connectivity index (χ2n) is 4.15. The topological polar surface area (TPSA) is 95.5 Å². The number of amides is 1. The summed E-state index contributed by atoms with van der Waals surface area (Å²) in [6.45, 7) is 3.21. The molecule has 0 aliphatic rings. The van der Waals surface area contributed by atoms with E-state index in [1.807, 2.05) is 13.2 Å². The van der Waals surface area contributed by atoms with Gasteiger partial charge in [-0.3, -0.25) is 4.79 Å². The molecule has 0 radical (unpaired) electrons. The fourth-order valence-electron chi connectivity index (χ4n) is 1.36. The zero-order valence-corrected chi connectivity index (χ0v) is 13.3. The van der Waals surface area contributed by atoms with Crippen molar-refractivity contribution < 1.29 is 18.3 Å². The average molecular weight is 312 g/mol. The van der Waals surface area contributed by atoms with Crippen LogP contribution in [0.2, 0.25) is 0 Å². The van der Waals surface area contributed by atoms with Crippen LogP contribution in [0.3, 0.4) is 0 Å². The van der Waals surface area contributed by atoms with Gasteiger partial charge in [0.1, 0.15) is 6.04 Å². The molecule has 19 heavy (non-hydrogen) atoms. The summed E-state index contributed by atoms with van der Waals surface area (Å²) in [5.41, 5.74) is 0. The molecule has 1 amide bonds. The summed E-state index contributed by atoms with van der Waals surface area (Å²) < 4.78 is 25.5. The van der Waals surface area contributed by atoms with Gasteiger partial charge in [-0.15, -0.1) is 0 Å². The van der Waals surface area contributed by atoms with Crippen LogP contribution >= 0.6 is 11.8 Å². The Bertz CT molecular complexity index is 356. The Morgan fingerprint density at radius 3 is 2.42 bits per heavy atom. The zero-order chi connectivity index (χ0) is 14.9. The van der Waals surface area contributed by atoms with Crippen molar-refractivity contribution >= 4 is 27.7 Å². The molecule has 0 aromatic carbocycles. The number of hydrogen-bond donors (Lipinski definition) is 3. The molecule has 0 saturated heterocycles. The second kappa shape index (κ2) is 9.57. The molecule has 0 fully saturated rings. The largest absolute Gasteiger partial charge is 0.394 e. The van der Waals surface area contributed by atoms with Crippen molar-refractivity contribution in [3.63, 3.8) is 0 Å². The van der Waals surface area contributed by atoms with Gasteiger partial charge in [-0.1, -0.05) is 6.92 Å². The highest BCUT2D eigenvalue weighted by Crippen LogP contribution is 2.04. The lowest BCUT2D eigenvalue weighted by Gasteiger charge is -2.21. The molecule has 6 nitrogen and oxygen atoms in total. The Morgan fingerprint density at radius 1 is 1.37 bits per heavy atom. The van der Waals surface area contributed by atoms with Crippen LogP contribution in [0, 0.1) is 0 Å². The lowest BCUT2D eigenvalue weighted by molar-refractivity contribution is -0.123. The molecule has 2 unspecified atom stereocenters. The summed E-state index contributed by atoms with van der Waals surface area (Å²) in [6, 6.07) is -1.12. The van der Waals surface area contributed by atoms with Gasteiger partial charge in [0.25, 0.3) is 0 Å². The smallest absolute Gasteiger partial charge is 0.238 e. The Morgan fingerprint density at radius 2 is 2.00 bits per heavy atom. The standard InChI is InChI=1S/C11H24N2O4S2/c1-4-9(8-14)12-11(15)10(6-7-18-3)13-19(16,17)5-2/h9-10,13-14H,4-8H2,1-3H3,(H,12,15). The van der Waals surface area contributed by atoms with E-state index < -0.39 is 16.1 Å². The van der Waals surface area contributed by atoms with Gasteiger partial charge < -0.3 is 10.4 Å². The molecule has 0 spiro atoms. The van der Waals surface area contributed by atoms with Gasteiger partial charge in [-0.05, 0) is 31.8 Å². The van der Waals surface area contributed by atoms with Gasteiger partial charge in [0, 0.05) is 0 Å². The highest BCUT2D eigenvalue weighted by molar-refractivity contribution is 7.98. The predicted octanol–water partition coefficient (Wildman–Crippen LogP) is -0.0655. The van der Waals surface area contributed by atoms with Crippen LogP contribution in [0.5, 0.6) is 0 Å². The summed E-state index contributed by atoms with van der Waals surface area (Å²) >= 11 is 1.55. The minimum absolute atomic E-state index is 0.0622. The molecule has 3 N–H and O–H groups in total. The maximum absolute atomic E-state index is 12.0. The summed E-state index contributed by atoms with van der Waals surface area (Å²) in [5.74, 6) is 0.236. The first kappa shape index (κ1) is 18.7. The van der Waals surface area contributed by atoms with E-state index in [1.165, 1.54) is 6.92 Å². The molecular weight excluding hydrogens is 288 g/mol. The number of thioether (sulfide) groups is 1. The number of sulfonamides is 1. The normalized spacial score (nSPS) is 14.9. The van der Waals surface area contributed by atoms with E-state index in [1.54, 1.807) is 11.8 Å². The van der Waals surface area contributed by atoms with Gasteiger partial charge in [0.05, 0.1) is 18.4 Å². The minimum Gasteiger partial charge on any atom is -0.394 e. The Kier molecular flexibility index (Phi) is 9.42. The average Bonchev–Trinajstić information content (AvgIpc) is 2.40. The van der Waals surface area contributed by atoms with E-state index in [0.717, 1.165) is 0 Å². The third-order valence-electron chi connectivity index (χ3n) is 2.69. The van der Waals surface area contributed by atoms with Crippen molar-refractivity contribution in [1.29, 1.82) is 0 Å². The fraction of sp³-hybridized carbons (Fsp3) is 0.909. The summed E-state index contributed by atoms with van der Waals surface area (Å²) in [4.78, 5) is 12.0. The number of aliphatic hydroxyl groups excluding tert-OH is 1. The van der Waals surface area contributed by atoms with Crippen molar-refractivity contribution in [2.75, 3.05) is 24.4 Å². The molecule has 0 aliphatic carbocycles. The molecular formula is C11H24N2O4S2. The van der Waals surface area contributed by atoms with Crippen LogP contribution in [0.25, 0.3) is 0 Å². The summed E-state index contributed by atoms with van der Waals surface area (Å²) in [6.07, 6.45) is 2.91. The third kappa shape index (κ3) is 7.76. The molecule has 0 aromatic heterocycles. The van der Waals surface area contributed by atoms with E-state index in [-0.39, 0.29) is 24.3 Å². The van der Waals surface area contributed by atoms with E-state index in [9.17, 15) is 13.2 Å². The Hall–Kier alpha value is -0.310. The fourth-order valence-corrected chi connectivity index (χ4v) is 2.65. The van der Waals surface area contributed by atoms with Crippen LogP contribution < -0.4 is 10.0 Å². The van der Waals surface area contributed by atoms with E-state index in [0.29, 0.717) is 18.6 Å². The first-order valence-electron chi connectivity index (χ1n) is 6.30. The van der Waals surface area contributed by atoms with Crippen LogP contribution in [-0.2, 0) is 14.8 Å². The molecule has 2 atom stereocenters. The van der Waals surface area contributed by atoms with Gasteiger partial charge in [0.2, 0.25) is 15.9 Å². The first-order chi connectivity index (χ1) is 8.90. The van der Waals surface area contributed by atoms with Crippen molar-refractivity contribution in [3.8, 4) is 0 Å². The van der Waals surface area contributed by atoms with Crippen LogP contribution in [0.1, 0.15) is 26.7 Å². The second-order valence-corrected chi connectivity index (χ2v) is 7.18. The van der Waals surface area contributed by atoms with Crippen molar-refractivity contribution in [2.24, 2.45) is 0 Å². The molecule has 114 valence electrons. The number of aliphatic hydroxyl groups is 1. The Labute approximate surface area is 119 Å². The lowest BCUT2D eigenvalue weighted by Crippen LogP contribution is -2.50. The van der Waals surface area contributed by atoms with Crippen molar-refractivity contribution in [1.82, 2.24) is 10.0 Å². The highest BCUT2D eigenvalue weighted by Gasteiger charge is 2.24. The maximum atomic E-state index is 12.0. The third-order valence-corrected chi connectivity index (χ3v) is 4.74. The highest BCUT2D eigenvalue weighted by atomic mass is 32.2. The predicted molar refractivity (Wildman–Crippen MR) is 78.7 cm³/mol. The summed E-state index contributed by atoms with van der Waals surface area (Å²) in [7, 11) is -3.43. The zero-order valence-electron chi connectivity index (χ0n) is 11.7. The van der Waals surface area contributed by atoms with E-state index in [4.69, 9.17) is 5.11 Å². The van der Waals surface area contributed by atoms with Gasteiger partial charge in [-0.2, -0.15) is 11.8 Å². The van der Waals surface area contributed by atoms with Crippen LogP contribution in [0.4, 0.5) is 0 Å². The van der Waals surface area contributed by atoms with Gasteiger partial charge in [-0.25, -0.2) is 13.1 Å². The van der Waals surface area contributed by atoms with E-state index in [2.05, 4.69) is 10.0 Å². The quantitative estimate of drug-likeness (QED) is 0.525. The van der Waals surface area contributed by atoms with Crippen molar-refractivity contribution in [3.05, 3.63) is 0 Å². The number of rotatable bonds is 10. The molecule has 0 aromatic rings. The maximum Gasteiger partial charge on any atom is 0.238 e. The Balaban J connectivity index is 4.69.